The van der Waals surface area contributed by atoms with Crippen molar-refractivity contribution >= 4 is 11.8 Å². The molecule has 0 aliphatic carbocycles. The summed E-state index contributed by atoms with van der Waals surface area (Å²) >= 11 is 0. The van der Waals surface area contributed by atoms with Crippen LogP contribution in [-0.2, 0) is 4.79 Å². The number of phenolic OH excluding ortho intramolecular Hbond substituents is 2. The number of rotatable bonds is 4. The quantitative estimate of drug-likeness (QED) is 0.573. The molecule has 7 heteroatoms. The average Bonchev–Trinajstić information content (AvgIpc) is 2.47. The molecule has 0 saturated carbocycles. The van der Waals surface area contributed by atoms with E-state index in [1.807, 2.05) is 0 Å². The zero-order valence-electron chi connectivity index (χ0n) is 11.6. The highest BCUT2D eigenvalue weighted by atomic mass is 16.3. The standard InChI is InChI=1S/C14H19N3O4/c15-13(20)8-17(10-2-1-5-16-7-10)14(21)9-3-4-11(18)12(19)6-9/h3-4,6,10,16,18-19H,1-2,5,7-8H2,(H2,15,20). The lowest BCUT2D eigenvalue weighted by Gasteiger charge is -2.34. The lowest BCUT2D eigenvalue weighted by Crippen LogP contribution is -2.51. The minimum absolute atomic E-state index is 0.116. The summed E-state index contributed by atoms with van der Waals surface area (Å²) in [4.78, 5) is 25.2. The normalized spacial score (nSPS) is 18.2. The van der Waals surface area contributed by atoms with E-state index >= 15 is 0 Å². The fraction of sp³-hybridized carbons (Fsp3) is 0.429. The molecule has 0 bridgehead atoms. The summed E-state index contributed by atoms with van der Waals surface area (Å²) < 4.78 is 0. The van der Waals surface area contributed by atoms with Crippen LogP contribution in [0, 0.1) is 0 Å². The molecule has 0 spiro atoms. The molecule has 1 fully saturated rings. The van der Waals surface area contributed by atoms with Gasteiger partial charge in [0.25, 0.3) is 5.91 Å². The van der Waals surface area contributed by atoms with E-state index in [4.69, 9.17) is 5.73 Å². The highest BCUT2D eigenvalue weighted by molar-refractivity contribution is 5.97. The summed E-state index contributed by atoms with van der Waals surface area (Å²) in [5, 5.41) is 22.0. The van der Waals surface area contributed by atoms with Gasteiger partial charge in [0, 0.05) is 18.2 Å². The minimum Gasteiger partial charge on any atom is -0.504 e. The van der Waals surface area contributed by atoms with E-state index in [2.05, 4.69) is 5.32 Å². The Balaban J connectivity index is 2.23. The van der Waals surface area contributed by atoms with Gasteiger partial charge in [-0.2, -0.15) is 0 Å². The van der Waals surface area contributed by atoms with Gasteiger partial charge in [-0.25, -0.2) is 0 Å². The van der Waals surface area contributed by atoms with Crippen LogP contribution in [0.4, 0.5) is 0 Å². The number of piperidine rings is 1. The molecule has 1 saturated heterocycles. The number of hydrogen-bond acceptors (Lipinski definition) is 5. The van der Waals surface area contributed by atoms with Gasteiger partial charge in [-0.15, -0.1) is 0 Å². The first-order valence-corrected chi connectivity index (χ1v) is 6.81. The number of benzene rings is 1. The number of carbonyl (C=O) groups excluding carboxylic acids is 2. The highest BCUT2D eigenvalue weighted by Gasteiger charge is 2.27. The number of carbonyl (C=O) groups is 2. The summed E-state index contributed by atoms with van der Waals surface area (Å²) in [5.41, 5.74) is 5.43. The van der Waals surface area contributed by atoms with Gasteiger partial charge < -0.3 is 26.2 Å². The van der Waals surface area contributed by atoms with Gasteiger partial charge in [0.05, 0.1) is 6.54 Å². The Hall–Kier alpha value is -2.28. The molecule has 1 aliphatic heterocycles. The van der Waals surface area contributed by atoms with E-state index in [1.54, 1.807) is 0 Å². The van der Waals surface area contributed by atoms with E-state index in [0.717, 1.165) is 19.4 Å². The van der Waals surface area contributed by atoms with Crippen LogP contribution in [0.5, 0.6) is 11.5 Å². The molecule has 2 rings (SSSR count). The second-order valence-corrected chi connectivity index (χ2v) is 5.10. The number of nitrogens with zero attached hydrogens (tertiary/aromatic N) is 1. The van der Waals surface area contributed by atoms with Crippen molar-refractivity contribution < 1.29 is 19.8 Å². The first-order valence-electron chi connectivity index (χ1n) is 6.81. The van der Waals surface area contributed by atoms with Gasteiger partial charge in [0.2, 0.25) is 5.91 Å². The van der Waals surface area contributed by atoms with Gasteiger partial charge >= 0.3 is 0 Å². The molecule has 21 heavy (non-hydrogen) atoms. The smallest absolute Gasteiger partial charge is 0.254 e. The van der Waals surface area contributed by atoms with Gasteiger partial charge in [-0.3, -0.25) is 9.59 Å². The van der Waals surface area contributed by atoms with Crippen LogP contribution < -0.4 is 11.1 Å². The third-order valence-corrected chi connectivity index (χ3v) is 3.52. The number of hydrogen-bond donors (Lipinski definition) is 4. The molecule has 1 atom stereocenters. The number of phenols is 2. The molecule has 0 aromatic heterocycles. The molecule has 7 nitrogen and oxygen atoms in total. The van der Waals surface area contributed by atoms with E-state index in [9.17, 15) is 19.8 Å². The Morgan fingerprint density at radius 2 is 2.10 bits per heavy atom. The van der Waals surface area contributed by atoms with Crippen molar-refractivity contribution in [3.05, 3.63) is 23.8 Å². The average molecular weight is 293 g/mol. The fourth-order valence-corrected chi connectivity index (χ4v) is 2.46. The Labute approximate surface area is 122 Å². The Morgan fingerprint density at radius 1 is 1.33 bits per heavy atom. The number of nitrogens with two attached hydrogens (primary N) is 1. The molecule has 5 N–H and O–H groups in total. The van der Waals surface area contributed by atoms with Crippen molar-refractivity contribution in [2.45, 2.75) is 18.9 Å². The van der Waals surface area contributed by atoms with Crippen LogP contribution in [0.1, 0.15) is 23.2 Å². The second-order valence-electron chi connectivity index (χ2n) is 5.10. The molecule has 1 aromatic carbocycles. The lowest BCUT2D eigenvalue weighted by molar-refractivity contribution is -0.119. The number of aromatic hydroxyl groups is 2. The lowest BCUT2D eigenvalue weighted by atomic mass is 10.0. The third-order valence-electron chi connectivity index (χ3n) is 3.52. The topological polar surface area (TPSA) is 116 Å². The maximum Gasteiger partial charge on any atom is 0.254 e. The molecular weight excluding hydrogens is 274 g/mol. The second kappa shape index (κ2) is 6.45. The molecule has 0 radical (unpaired) electrons. The third kappa shape index (κ3) is 3.63. The molecule has 114 valence electrons. The van der Waals surface area contributed by atoms with E-state index in [-0.39, 0.29) is 29.6 Å². The molecular formula is C14H19N3O4. The zero-order chi connectivity index (χ0) is 15.4. The monoisotopic (exact) mass is 293 g/mol. The summed E-state index contributed by atoms with van der Waals surface area (Å²) in [6.07, 6.45) is 1.70. The number of amides is 2. The Kier molecular flexibility index (Phi) is 4.64. The first-order chi connectivity index (χ1) is 9.99. The van der Waals surface area contributed by atoms with Crippen molar-refractivity contribution in [3.63, 3.8) is 0 Å². The van der Waals surface area contributed by atoms with Gasteiger partial charge in [0.15, 0.2) is 11.5 Å². The maximum absolute atomic E-state index is 12.5. The Morgan fingerprint density at radius 3 is 2.67 bits per heavy atom. The van der Waals surface area contributed by atoms with Crippen molar-refractivity contribution in [1.82, 2.24) is 10.2 Å². The largest absolute Gasteiger partial charge is 0.504 e. The van der Waals surface area contributed by atoms with Crippen molar-refractivity contribution in [2.75, 3.05) is 19.6 Å². The zero-order valence-corrected chi connectivity index (χ0v) is 11.6. The summed E-state index contributed by atoms with van der Waals surface area (Å²) in [5.74, 6) is -1.65. The number of nitrogens with one attached hydrogen (secondary N) is 1. The van der Waals surface area contributed by atoms with Crippen LogP contribution in [0.3, 0.4) is 0 Å². The predicted octanol–water partition coefficient (Wildman–Crippen LogP) is -0.223. The van der Waals surface area contributed by atoms with Crippen LogP contribution >= 0.6 is 0 Å². The van der Waals surface area contributed by atoms with Crippen LogP contribution in [-0.4, -0.2) is 52.6 Å². The van der Waals surface area contributed by atoms with Crippen LogP contribution in [0.25, 0.3) is 0 Å². The van der Waals surface area contributed by atoms with Crippen molar-refractivity contribution in [1.29, 1.82) is 0 Å². The van der Waals surface area contributed by atoms with Gasteiger partial charge in [0.1, 0.15) is 0 Å². The van der Waals surface area contributed by atoms with Crippen LogP contribution in [0.2, 0.25) is 0 Å². The maximum atomic E-state index is 12.5. The van der Waals surface area contributed by atoms with Gasteiger partial charge in [-0.1, -0.05) is 0 Å². The highest BCUT2D eigenvalue weighted by Crippen LogP contribution is 2.26. The summed E-state index contributed by atoms with van der Waals surface area (Å²) in [7, 11) is 0. The molecule has 1 aliphatic rings. The molecule has 1 unspecified atom stereocenters. The van der Waals surface area contributed by atoms with E-state index in [1.165, 1.54) is 23.1 Å². The predicted molar refractivity (Wildman–Crippen MR) is 75.9 cm³/mol. The van der Waals surface area contributed by atoms with Crippen molar-refractivity contribution in [2.24, 2.45) is 5.73 Å². The van der Waals surface area contributed by atoms with Crippen LogP contribution in [0.15, 0.2) is 18.2 Å². The summed E-state index contributed by atoms with van der Waals surface area (Å²) in [6.45, 7) is 1.31. The summed E-state index contributed by atoms with van der Waals surface area (Å²) in [6, 6.07) is 3.71. The fourth-order valence-electron chi connectivity index (χ4n) is 2.46. The van der Waals surface area contributed by atoms with E-state index in [0.29, 0.717) is 6.54 Å². The molecule has 1 aromatic rings. The van der Waals surface area contributed by atoms with Gasteiger partial charge in [-0.05, 0) is 37.6 Å². The van der Waals surface area contributed by atoms with Crippen molar-refractivity contribution in [3.8, 4) is 11.5 Å². The first kappa shape index (κ1) is 15.1. The minimum atomic E-state index is -0.586. The Bertz CT molecular complexity index is 541. The molecule has 1 heterocycles. The number of primary amides is 1. The SMILES string of the molecule is NC(=O)CN(C(=O)c1ccc(O)c(O)c1)C1CCCNC1. The van der Waals surface area contributed by atoms with E-state index < -0.39 is 11.8 Å². The molecule has 2 amide bonds.